The zero-order valence-electron chi connectivity index (χ0n) is 10.7. The molecule has 1 aromatic rings. The van der Waals surface area contributed by atoms with Crippen LogP contribution in [0.2, 0.25) is 0 Å². The SMILES string of the molecule is CC(NC(=O)C(C)C(C)N)c1cnn(C)c1.Cl. The molecule has 0 aliphatic heterocycles. The number of aryl methyl sites for hydroxylation is 1. The molecule has 0 bridgehead atoms. The Morgan fingerprint density at radius 1 is 1.47 bits per heavy atom. The number of carbonyl (C=O) groups excluding carboxylic acids is 1. The molecular formula is C11H21ClN4O. The average Bonchev–Trinajstić information content (AvgIpc) is 2.63. The monoisotopic (exact) mass is 260 g/mol. The van der Waals surface area contributed by atoms with Gasteiger partial charge in [-0.15, -0.1) is 12.4 Å². The summed E-state index contributed by atoms with van der Waals surface area (Å²) in [6.07, 6.45) is 3.64. The van der Waals surface area contributed by atoms with Gasteiger partial charge in [-0.05, 0) is 13.8 Å². The normalized spacial score (nSPS) is 15.6. The predicted octanol–water partition coefficient (Wildman–Crippen LogP) is 1.00. The van der Waals surface area contributed by atoms with Gasteiger partial charge in [0.2, 0.25) is 5.91 Å². The maximum absolute atomic E-state index is 11.8. The fraction of sp³-hybridized carbons (Fsp3) is 0.636. The minimum absolute atomic E-state index is 0. The minimum atomic E-state index is -0.181. The maximum atomic E-state index is 11.8. The molecule has 0 saturated heterocycles. The Balaban J connectivity index is 0.00000256. The molecule has 5 nitrogen and oxygen atoms in total. The van der Waals surface area contributed by atoms with Gasteiger partial charge in [0.25, 0.3) is 0 Å². The Morgan fingerprint density at radius 3 is 2.47 bits per heavy atom. The zero-order chi connectivity index (χ0) is 12.3. The van der Waals surface area contributed by atoms with Crippen molar-refractivity contribution in [1.82, 2.24) is 15.1 Å². The highest BCUT2D eigenvalue weighted by Crippen LogP contribution is 2.11. The van der Waals surface area contributed by atoms with Crippen LogP contribution in [0, 0.1) is 5.92 Å². The lowest BCUT2D eigenvalue weighted by Gasteiger charge is -2.18. The van der Waals surface area contributed by atoms with Gasteiger partial charge in [0, 0.05) is 30.8 Å². The van der Waals surface area contributed by atoms with E-state index < -0.39 is 0 Å². The molecule has 98 valence electrons. The maximum Gasteiger partial charge on any atom is 0.224 e. The summed E-state index contributed by atoms with van der Waals surface area (Å²) in [5, 5.41) is 6.98. The molecule has 0 fully saturated rings. The van der Waals surface area contributed by atoms with Crippen molar-refractivity contribution >= 4 is 18.3 Å². The molecule has 0 radical (unpaired) electrons. The Hall–Kier alpha value is -1.07. The first-order valence-corrected chi connectivity index (χ1v) is 5.46. The molecule has 3 N–H and O–H groups in total. The first-order valence-electron chi connectivity index (χ1n) is 5.46. The molecule has 0 aromatic carbocycles. The third-order valence-corrected chi connectivity index (χ3v) is 2.79. The van der Waals surface area contributed by atoms with E-state index >= 15 is 0 Å². The Labute approximate surface area is 108 Å². The summed E-state index contributed by atoms with van der Waals surface area (Å²) in [6.45, 7) is 5.60. The summed E-state index contributed by atoms with van der Waals surface area (Å²) in [5.74, 6) is -0.203. The van der Waals surface area contributed by atoms with Gasteiger partial charge in [-0.1, -0.05) is 6.92 Å². The van der Waals surface area contributed by atoms with Gasteiger partial charge in [-0.3, -0.25) is 9.48 Å². The number of nitrogens with one attached hydrogen (secondary N) is 1. The van der Waals surface area contributed by atoms with Gasteiger partial charge >= 0.3 is 0 Å². The second kappa shape index (κ2) is 6.61. The van der Waals surface area contributed by atoms with Gasteiger partial charge < -0.3 is 11.1 Å². The summed E-state index contributed by atoms with van der Waals surface area (Å²) in [5.41, 5.74) is 6.67. The summed E-state index contributed by atoms with van der Waals surface area (Å²) >= 11 is 0. The lowest BCUT2D eigenvalue weighted by atomic mass is 10.0. The standard InChI is InChI=1S/C11H20N4O.ClH/c1-7(8(2)12)11(16)14-9(3)10-5-13-15(4)6-10;/h5-9H,12H2,1-4H3,(H,14,16);1H. The topological polar surface area (TPSA) is 72.9 Å². The summed E-state index contributed by atoms with van der Waals surface area (Å²) in [6, 6.07) is -0.177. The highest BCUT2D eigenvalue weighted by Gasteiger charge is 2.19. The smallest absolute Gasteiger partial charge is 0.224 e. The fourth-order valence-electron chi connectivity index (χ4n) is 1.33. The molecule has 0 aliphatic carbocycles. The van der Waals surface area contributed by atoms with Crippen LogP contribution in [-0.4, -0.2) is 21.7 Å². The van der Waals surface area contributed by atoms with Crippen LogP contribution in [0.5, 0.6) is 0 Å². The lowest BCUT2D eigenvalue weighted by molar-refractivity contribution is -0.125. The van der Waals surface area contributed by atoms with Crippen molar-refractivity contribution in [3.63, 3.8) is 0 Å². The number of rotatable bonds is 4. The van der Waals surface area contributed by atoms with Crippen molar-refractivity contribution in [3.8, 4) is 0 Å². The van der Waals surface area contributed by atoms with Crippen molar-refractivity contribution in [3.05, 3.63) is 18.0 Å². The molecule has 17 heavy (non-hydrogen) atoms. The molecular weight excluding hydrogens is 240 g/mol. The van der Waals surface area contributed by atoms with E-state index in [1.165, 1.54) is 0 Å². The second-order valence-corrected chi connectivity index (χ2v) is 4.33. The molecule has 0 spiro atoms. The van der Waals surface area contributed by atoms with E-state index in [1.807, 2.05) is 34.0 Å². The molecule has 1 aromatic heterocycles. The summed E-state index contributed by atoms with van der Waals surface area (Å²) in [4.78, 5) is 11.8. The summed E-state index contributed by atoms with van der Waals surface area (Å²) < 4.78 is 1.72. The number of nitrogens with two attached hydrogens (primary N) is 1. The number of carbonyl (C=O) groups is 1. The van der Waals surface area contributed by atoms with Gasteiger partial charge in [0.05, 0.1) is 12.2 Å². The van der Waals surface area contributed by atoms with E-state index in [9.17, 15) is 4.79 Å². The molecule has 6 heteroatoms. The third kappa shape index (κ3) is 4.36. The number of hydrogen-bond donors (Lipinski definition) is 2. The number of amides is 1. The van der Waals surface area contributed by atoms with Crippen molar-refractivity contribution in [1.29, 1.82) is 0 Å². The Bertz CT molecular complexity index is 364. The van der Waals surface area contributed by atoms with E-state index in [-0.39, 0.29) is 36.3 Å². The largest absolute Gasteiger partial charge is 0.349 e. The van der Waals surface area contributed by atoms with Crippen molar-refractivity contribution < 1.29 is 4.79 Å². The van der Waals surface area contributed by atoms with Crippen LogP contribution in [0.15, 0.2) is 12.4 Å². The highest BCUT2D eigenvalue weighted by atomic mass is 35.5. The molecule has 1 amide bonds. The van der Waals surface area contributed by atoms with Gasteiger partial charge in [0.1, 0.15) is 0 Å². The number of aromatic nitrogens is 2. The zero-order valence-corrected chi connectivity index (χ0v) is 11.5. The Morgan fingerprint density at radius 2 is 2.06 bits per heavy atom. The van der Waals surface area contributed by atoms with Crippen LogP contribution >= 0.6 is 12.4 Å². The molecule has 3 atom stereocenters. The molecule has 1 rings (SSSR count). The van der Waals surface area contributed by atoms with Crippen LogP contribution in [0.25, 0.3) is 0 Å². The van der Waals surface area contributed by atoms with E-state index in [0.717, 1.165) is 5.56 Å². The van der Waals surface area contributed by atoms with Gasteiger partial charge in [-0.2, -0.15) is 5.10 Å². The van der Waals surface area contributed by atoms with Crippen LogP contribution < -0.4 is 11.1 Å². The average molecular weight is 261 g/mol. The van der Waals surface area contributed by atoms with Crippen LogP contribution in [0.4, 0.5) is 0 Å². The highest BCUT2D eigenvalue weighted by molar-refractivity contribution is 5.85. The molecule has 3 unspecified atom stereocenters. The van der Waals surface area contributed by atoms with Crippen LogP contribution in [-0.2, 0) is 11.8 Å². The van der Waals surface area contributed by atoms with Crippen LogP contribution in [0.1, 0.15) is 32.4 Å². The van der Waals surface area contributed by atoms with Crippen LogP contribution in [0.3, 0.4) is 0 Å². The van der Waals surface area contributed by atoms with Crippen molar-refractivity contribution in [2.24, 2.45) is 18.7 Å². The van der Waals surface area contributed by atoms with Crippen molar-refractivity contribution in [2.45, 2.75) is 32.9 Å². The predicted molar refractivity (Wildman–Crippen MR) is 69.8 cm³/mol. The third-order valence-electron chi connectivity index (χ3n) is 2.79. The van der Waals surface area contributed by atoms with E-state index in [1.54, 1.807) is 10.9 Å². The number of hydrogen-bond acceptors (Lipinski definition) is 3. The molecule has 1 heterocycles. The lowest BCUT2D eigenvalue weighted by Crippen LogP contribution is -2.39. The Kier molecular flexibility index (Phi) is 6.20. The first kappa shape index (κ1) is 15.9. The molecule has 0 aliphatic rings. The second-order valence-electron chi connectivity index (χ2n) is 4.33. The van der Waals surface area contributed by atoms with E-state index in [0.29, 0.717) is 0 Å². The van der Waals surface area contributed by atoms with Gasteiger partial charge in [-0.25, -0.2) is 0 Å². The quantitative estimate of drug-likeness (QED) is 0.848. The van der Waals surface area contributed by atoms with E-state index in [2.05, 4.69) is 10.4 Å². The number of halogens is 1. The number of nitrogens with zero attached hydrogens (tertiary/aromatic N) is 2. The van der Waals surface area contributed by atoms with E-state index in [4.69, 9.17) is 5.73 Å². The fourth-order valence-corrected chi connectivity index (χ4v) is 1.33. The van der Waals surface area contributed by atoms with Gasteiger partial charge in [0.15, 0.2) is 0 Å². The minimum Gasteiger partial charge on any atom is -0.349 e. The van der Waals surface area contributed by atoms with Crippen molar-refractivity contribution in [2.75, 3.05) is 0 Å². The first-order chi connectivity index (χ1) is 7.41. The summed E-state index contributed by atoms with van der Waals surface area (Å²) in [7, 11) is 1.85. The molecule has 0 saturated carbocycles.